The zero-order valence-electron chi connectivity index (χ0n) is 13.1. The minimum Gasteiger partial charge on any atom is -0.452 e. The molecule has 25 heavy (non-hydrogen) atoms. The lowest BCUT2D eigenvalue weighted by atomic mass is 10.1. The summed E-state index contributed by atoms with van der Waals surface area (Å²) in [5.41, 5.74) is 6.24. The van der Waals surface area contributed by atoms with Crippen LogP contribution in [0.25, 0.3) is 0 Å². The van der Waals surface area contributed by atoms with Crippen molar-refractivity contribution in [2.75, 3.05) is 11.9 Å². The molecule has 0 fully saturated rings. The molecule has 2 aromatic carbocycles. The van der Waals surface area contributed by atoms with Crippen molar-refractivity contribution in [1.29, 1.82) is 0 Å². The molecular weight excluding hydrogens is 329 g/mol. The molecule has 0 aliphatic heterocycles. The van der Waals surface area contributed by atoms with Gasteiger partial charge in [-0.25, -0.2) is 14.0 Å². The summed E-state index contributed by atoms with van der Waals surface area (Å²) in [7, 11) is 0. The number of esters is 1. The van der Waals surface area contributed by atoms with E-state index < -0.39 is 30.3 Å². The van der Waals surface area contributed by atoms with Crippen molar-refractivity contribution in [2.24, 2.45) is 5.73 Å². The summed E-state index contributed by atoms with van der Waals surface area (Å²) in [6, 6.07) is 11.0. The van der Waals surface area contributed by atoms with Crippen LogP contribution in [-0.4, -0.2) is 24.5 Å². The van der Waals surface area contributed by atoms with E-state index in [4.69, 9.17) is 10.5 Å². The lowest BCUT2D eigenvalue weighted by molar-refractivity contribution is -0.119. The molecule has 0 heterocycles. The molecule has 0 saturated heterocycles. The van der Waals surface area contributed by atoms with Gasteiger partial charge in [0.1, 0.15) is 5.82 Å². The first-order valence-electron chi connectivity index (χ1n) is 7.29. The molecule has 0 atom stereocenters. The Hall–Kier alpha value is -3.42. The van der Waals surface area contributed by atoms with Gasteiger partial charge in [0, 0.05) is 12.2 Å². The summed E-state index contributed by atoms with van der Waals surface area (Å²) < 4.78 is 17.9. The lowest BCUT2D eigenvalue weighted by Gasteiger charge is -2.07. The molecule has 0 saturated carbocycles. The number of urea groups is 1. The SMILES string of the molecule is NC(=O)NCc1ccc(C(=O)OCC(=O)Nc2cccc(F)c2)cc1. The van der Waals surface area contributed by atoms with E-state index in [2.05, 4.69) is 10.6 Å². The zero-order chi connectivity index (χ0) is 18.2. The van der Waals surface area contributed by atoms with Gasteiger partial charge in [-0.3, -0.25) is 4.79 Å². The zero-order valence-corrected chi connectivity index (χ0v) is 13.1. The van der Waals surface area contributed by atoms with Crippen LogP contribution >= 0.6 is 0 Å². The number of ether oxygens (including phenoxy) is 1. The van der Waals surface area contributed by atoms with Gasteiger partial charge < -0.3 is 21.1 Å². The highest BCUT2D eigenvalue weighted by atomic mass is 19.1. The number of anilines is 1. The molecule has 8 heteroatoms. The Bertz CT molecular complexity index is 778. The fourth-order valence-electron chi connectivity index (χ4n) is 1.93. The monoisotopic (exact) mass is 345 g/mol. The van der Waals surface area contributed by atoms with E-state index in [9.17, 15) is 18.8 Å². The fourth-order valence-corrected chi connectivity index (χ4v) is 1.93. The minimum absolute atomic E-state index is 0.237. The highest BCUT2D eigenvalue weighted by Gasteiger charge is 2.10. The van der Waals surface area contributed by atoms with Crippen molar-refractivity contribution in [3.8, 4) is 0 Å². The van der Waals surface area contributed by atoms with E-state index in [-0.39, 0.29) is 17.8 Å². The number of carbonyl (C=O) groups excluding carboxylic acids is 3. The maximum Gasteiger partial charge on any atom is 0.338 e. The van der Waals surface area contributed by atoms with Crippen molar-refractivity contribution in [1.82, 2.24) is 5.32 Å². The average Bonchev–Trinajstić information content (AvgIpc) is 2.58. The van der Waals surface area contributed by atoms with Crippen LogP contribution in [0, 0.1) is 5.82 Å². The fraction of sp³-hybridized carbons (Fsp3) is 0.118. The van der Waals surface area contributed by atoms with Crippen molar-refractivity contribution in [3.63, 3.8) is 0 Å². The van der Waals surface area contributed by atoms with Crippen molar-refractivity contribution >= 4 is 23.6 Å². The summed E-state index contributed by atoms with van der Waals surface area (Å²) in [6.07, 6.45) is 0. The average molecular weight is 345 g/mol. The van der Waals surface area contributed by atoms with Crippen LogP contribution in [0.15, 0.2) is 48.5 Å². The van der Waals surface area contributed by atoms with Crippen molar-refractivity contribution < 1.29 is 23.5 Å². The van der Waals surface area contributed by atoms with Crippen LogP contribution in [0.3, 0.4) is 0 Å². The summed E-state index contributed by atoms with van der Waals surface area (Å²) in [6.45, 7) is -0.263. The third-order valence-corrected chi connectivity index (χ3v) is 3.10. The van der Waals surface area contributed by atoms with Crippen LogP contribution in [0.4, 0.5) is 14.9 Å². The summed E-state index contributed by atoms with van der Waals surface area (Å²) >= 11 is 0. The minimum atomic E-state index is -0.677. The summed E-state index contributed by atoms with van der Waals surface area (Å²) in [4.78, 5) is 34.2. The van der Waals surface area contributed by atoms with Crippen LogP contribution < -0.4 is 16.4 Å². The Labute approximate surface area is 143 Å². The molecule has 2 aromatic rings. The number of nitrogens with one attached hydrogen (secondary N) is 2. The second-order valence-corrected chi connectivity index (χ2v) is 5.05. The number of amides is 3. The molecule has 0 aromatic heterocycles. The molecule has 0 aliphatic carbocycles. The van der Waals surface area contributed by atoms with Gasteiger partial charge in [-0.15, -0.1) is 0 Å². The van der Waals surface area contributed by atoms with E-state index in [0.29, 0.717) is 0 Å². The third kappa shape index (κ3) is 5.94. The molecule has 0 unspecified atom stereocenters. The lowest BCUT2D eigenvalue weighted by Crippen LogP contribution is -2.28. The van der Waals surface area contributed by atoms with E-state index in [1.165, 1.54) is 30.3 Å². The van der Waals surface area contributed by atoms with Gasteiger partial charge in [0.15, 0.2) is 6.61 Å². The van der Waals surface area contributed by atoms with Crippen LogP contribution in [0.1, 0.15) is 15.9 Å². The third-order valence-electron chi connectivity index (χ3n) is 3.10. The Kier molecular flexibility index (Phi) is 6.05. The molecule has 0 bridgehead atoms. The molecule has 2 rings (SSSR count). The predicted molar refractivity (Wildman–Crippen MR) is 88.2 cm³/mol. The van der Waals surface area contributed by atoms with E-state index >= 15 is 0 Å². The molecule has 4 N–H and O–H groups in total. The van der Waals surface area contributed by atoms with Gasteiger partial charge in [-0.2, -0.15) is 0 Å². The Morgan fingerprint density at radius 1 is 1.08 bits per heavy atom. The standard InChI is InChI=1S/C17H16FN3O4/c18-13-2-1-3-14(8-13)21-15(22)10-25-16(23)12-6-4-11(5-7-12)9-20-17(19)24/h1-8H,9-10H2,(H,21,22)(H3,19,20,24). The smallest absolute Gasteiger partial charge is 0.338 e. The molecular formula is C17H16FN3O4. The maximum absolute atomic E-state index is 13.0. The van der Waals surface area contributed by atoms with Crippen LogP contribution in [-0.2, 0) is 16.1 Å². The molecule has 3 amide bonds. The Balaban J connectivity index is 1.83. The highest BCUT2D eigenvalue weighted by molar-refractivity contribution is 5.95. The highest BCUT2D eigenvalue weighted by Crippen LogP contribution is 2.09. The van der Waals surface area contributed by atoms with Gasteiger partial charge in [0.25, 0.3) is 5.91 Å². The number of halogens is 1. The van der Waals surface area contributed by atoms with Crippen LogP contribution in [0.2, 0.25) is 0 Å². The van der Waals surface area contributed by atoms with Gasteiger partial charge in [0.05, 0.1) is 5.56 Å². The first-order chi connectivity index (χ1) is 11.9. The number of hydrogen-bond acceptors (Lipinski definition) is 4. The van der Waals surface area contributed by atoms with Gasteiger partial charge in [-0.1, -0.05) is 18.2 Å². The number of benzene rings is 2. The first kappa shape index (κ1) is 17.9. The maximum atomic E-state index is 13.0. The van der Waals surface area contributed by atoms with E-state index in [1.807, 2.05) is 0 Å². The number of nitrogens with two attached hydrogens (primary N) is 1. The molecule has 0 radical (unpaired) electrons. The van der Waals surface area contributed by atoms with Crippen molar-refractivity contribution in [2.45, 2.75) is 6.54 Å². The second kappa shape index (κ2) is 8.44. The quantitative estimate of drug-likeness (QED) is 0.693. The normalized spacial score (nSPS) is 9.96. The number of hydrogen-bond donors (Lipinski definition) is 3. The van der Waals surface area contributed by atoms with Gasteiger partial charge in [-0.05, 0) is 35.9 Å². The Morgan fingerprint density at radius 2 is 1.80 bits per heavy atom. The summed E-state index contributed by atoms with van der Waals surface area (Å²) in [5.74, 6) is -1.74. The van der Waals surface area contributed by atoms with E-state index in [1.54, 1.807) is 12.1 Å². The first-order valence-corrected chi connectivity index (χ1v) is 7.29. The van der Waals surface area contributed by atoms with E-state index in [0.717, 1.165) is 11.6 Å². The van der Waals surface area contributed by atoms with Gasteiger partial charge >= 0.3 is 12.0 Å². The van der Waals surface area contributed by atoms with Crippen molar-refractivity contribution in [3.05, 3.63) is 65.5 Å². The van der Waals surface area contributed by atoms with Gasteiger partial charge in [0.2, 0.25) is 0 Å². The number of carbonyl (C=O) groups is 3. The Morgan fingerprint density at radius 3 is 2.44 bits per heavy atom. The molecule has 0 spiro atoms. The largest absolute Gasteiger partial charge is 0.452 e. The topological polar surface area (TPSA) is 111 Å². The molecule has 0 aliphatic rings. The summed E-state index contributed by atoms with van der Waals surface area (Å²) in [5, 5.41) is 4.84. The van der Waals surface area contributed by atoms with Crippen LogP contribution in [0.5, 0.6) is 0 Å². The number of primary amides is 1. The molecule has 7 nitrogen and oxygen atoms in total. The predicted octanol–water partition coefficient (Wildman–Crippen LogP) is 1.79. The number of rotatable bonds is 6. The second-order valence-electron chi connectivity index (χ2n) is 5.05. The molecule has 130 valence electrons.